The Bertz CT molecular complexity index is 1290. The van der Waals surface area contributed by atoms with E-state index in [4.69, 9.17) is 4.42 Å². The van der Waals surface area contributed by atoms with Crippen LogP contribution in [0.5, 0.6) is 0 Å². The first-order chi connectivity index (χ1) is 14.8. The molecule has 4 rings (SSSR count). The molecule has 0 bridgehead atoms. The van der Waals surface area contributed by atoms with E-state index in [1.165, 1.54) is 0 Å². The number of oxazole rings is 1. The molecule has 0 aliphatic carbocycles. The standard InChI is InChI=1S/C24H21BrN2O3S/c1-16-3-7-18(8-4-16)15-26-23-24(31(28,29)21-13-5-17(2)6-14-21)27-22(30-23)19-9-11-20(25)12-10-19/h3-14,26H,15H2,1-2H3. The van der Waals surface area contributed by atoms with Crippen LogP contribution in [-0.2, 0) is 16.4 Å². The molecule has 0 saturated carbocycles. The summed E-state index contributed by atoms with van der Waals surface area (Å²) in [5, 5.41) is 3.00. The Morgan fingerprint density at radius 3 is 2.06 bits per heavy atom. The van der Waals surface area contributed by atoms with Crippen molar-refractivity contribution in [1.29, 1.82) is 0 Å². The van der Waals surface area contributed by atoms with Crippen molar-refractivity contribution in [3.8, 4) is 11.5 Å². The number of nitrogens with one attached hydrogen (secondary N) is 1. The number of benzene rings is 3. The lowest BCUT2D eigenvalue weighted by Crippen LogP contribution is -2.07. The van der Waals surface area contributed by atoms with E-state index in [9.17, 15) is 8.42 Å². The number of hydrogen-bond acceptors (Lipinski definition) is 5. The average Bonchev–Trinajstić information content (AvgIpc) is 3.19. The summed E-state index contributed by atoms with van der Waals surface area (Å²) in [7, 11) is -3.87. The Morgan fingerprint density at radius 1 is 0.871 bits per heavy atom. The Hall–Kier alpha value is -2.90. The van der Waals surface area contributed by atoms with Crippen LogP contribution in [-0.4, -0.2) is 13.4 Å². The molecule has 0 saturated heterocycles. The van der Waals surface area contributed by atoms with Crippen LogP contribution in [0.3, 0.4) is 0 Å². The zero-order valence-electron chi connectivity index (χ0n) is 17.1. The number of sulfone groups is 1. The number of aryl methyl sites for hydroxylation is 2. The quantitative estimate of drug-likeness (QED) is 0.345. The van der Waals surface area contributed by atoms with Crippen LogP contribution in [0.15, 0.2) is 91.6 Å². The molecule has 0 unspecified atom stereocenters. The first-order valence-electron chi connectivity index (χ1n) is 9.71. The van der Waals surface area contributed by atoms with Crippen LogP contribution in [0.2, 0.25) is 0 Å². The van der Waals surface area contributed by atoms with Crippen molar-refractivity contribution >= 4 is 31.7 Å². The summed E-state index contributed by atoms with van der Waals surface area (Å²) in [5.74, 6) is 0.365. The third-order valence-corrected chi connectivity index (χ3v) is 7.05. The molecule has 158 valence electrons. The minimum Gasteiger partial charge on any atom is -0.419 e. The summed E-state index contributed by atoms with van der Waals surface area (Å²) >= 11 is 3.40. The Labute approximate surface area is 190 Å². The van der Waals surface area contributed by atoms with Crippen molar-refractivity contribution in [3.63, 3.8) is 0 Å². The molecular formula is C24H21BrN2O3S. The van der Waals surface area contributed by atoms with Gasteiger partial charge in [0.1, 0.15) is 0 Å². The zero-order valence-corrected chi connectivity index (χ0v) is 19.5. The number of nitrogens with zero attached hydrogens (tertiary/aromatic N) is 1. The third kappa shape index (κ3) is 4.73. The van der Waals surface area contributed by atoms with Crippen molar-refractivity contribution in [3.05, 3.63) is 94.0 Å². The Kier molecular flexibility index (Phi) is 5.98. The average molecular weight is 497 g/mol. The van der Waals surface area contributed by atoms with E-state index in [1.54, 1.807) is 24.3 Å². The maximum Gasteiger partial charge on any atom is 0.234 e. The van der Waals surface area contributed by atoms with Gasteiger partial charge in [-0.3, -0.25) is 0 Å². The van der Waals surface area contributed by atoms with E-state index in [0.717, 1.165) is 21.2 Å². The van der Waals surface area contributed by atoms with E-state index in [0.29, 0.717) is 12.1 Å². The minimum atomic E-state index is -3.87. The molecule has 0 aliphatic rings. The van der Waals surface area contributed by atoms with Crippen LogP contribution in [0.25, 0.3) is 11.5 Å². The highest BCUT2D eigenvalue weighted by Gasteiger charge is 2.28. The van der Waals surface area contributed by atoms with Crippen LogP contribution in [0.1, 0.15) is 16.7 Å². The Morgan fingerprint density at radius 2 is 1.45 bits per heavy atom. The fraction of sp³-hybridized carbons (Fsp3) is 0.125. The molecule has 0 atom stereocenters. The number of anilines is 1. The second-order valence-corrected chi connectivity index (χ2v) is 10.1. The maximum absolute atomic E-state index is 13.4. The van der Waals surface area contributed by atoms with Crippen molar-refractivity contribution < 1.29 is 12.8 Å². The summed E-state index contributed by atoms with van der Waals surface area (Å²) in [5.41, 5.74) is 3.83. The van der Waals surface area contributed by atoms with Gasteiger partial charge in [-0.2, -0.15) is 4.98 Å². The molecule has 1 heterocycles. The van der Waals surface area contributed by atoms with Crippen molar-refractivity contribution in [2.24, 2.45) is 0 Å². The first-order valence-corrected chi connectivity index (χ1v) is 12.0. The molecule has 1 aromatic heterocycles. The van der Waals surface area contributed by atoms with E-state index >= 15 is 0 Å². The highest BCUT2D eigenvalue weighted by atomic mass is 79.9. The van der Waals surface area contributed by atoms with Gasteiger partial charge in [0.05, 0.1) is 4.90 Å². The third-order valence-electron chi connectivity index (χ3n) is 4.85. The first kappa shape index (κ1) is 21.3. The normalized spacial score (nSPS) is 11.5. The van der Waals surface area contributed by atoms with Crippen LogP contribution in [0, 0.1) is 13.8 Å². The largest absolute Gasteiger partial charge is 0.419 e. The molecule has 0 radical (unpaired) electrons. The fourth-order valence-corrected chi connectivity index (χ4v) is 4.58. The highest BCUT2D eigenvalue weighted by molar-refractivity contribution is 9.10. The lowest BCUT2D eigenvalue weighted by atomic mass is 10.1. The summed E-state index contributed by atoms with van der Waals surface area (Å²) in [6.07, 6.45) is 0. The van der Waals surface area contributed by atoms with Crippen molar-refractivity contribution in [2.75, 3.05) is 5.32 Å². The molecule has 5 nitrogen and oxygen atoms in total. The van der Waals surface area contributed by atoms with Crippen LogP contribution < -0.4 is 5.32 Å². The molecule has 7 heteroatoms. The number of aromatic nitrogens is 1. The zero-order chi connectivity index (χ0) is 22.0. The summed E-state index contributed by atoms with van der Waals surface area (Å²) < 4.78 is 33.5. The highest BCUT2D eigenvalue weighted by Crippen LogP contribution is 2.33. The van der Waals surface area contributed by atoms with E-state index in [1.807, 2.05) is 62.4 Å². The fourth-order valence-electron chi connectivity index (χ4n) is 3.03. The van der Waals surface area contributed by atoms with Gasteiger partial charge in [0.15, 0.2) is 0 Å². The summed E-state index contributed by atoms with van der Waals surface area (Å²) in [6, 6.07) is 22.0. The predicted molar refractivity (Wildman–Crippen MR) is 125 cm³/mol. The molecule has 0 spiro atoms. The van der Waals surface area contributed by atoms with Gasteiger partial charge in [-0.05, 0) is 55.8 Å². The molecule has 31 heavy (non-hydrogen) atoms. The molecule has 0 amide bonds. The van der Waals surface area contributed by atoms with Gasteiger partial charge in [0, 0.05) is 16.6 Å². The number of halogens is 1. The van der Waals surface area contributed by atoms with Gasteiger partial charge in [-0.25, -0.2) is 8.42 Å². The monoisotopic (exact) mass is 496 g/mol. The SMILES string of the molecule is Cc1ccc(CNc2oc(-c3ccc(Br)cc3)nc2S(=O)(=O)c2ccc(C)cc2)cc1. The van der Waals surface area contributed by atoms with E-state index in [2.05, 4.69) is 26.2 Å². The van der Waals surface area contributed by atoms with E-state index < -0.39 is 9.84 Å². The van der Waals surface area contributed by atoms with Gasteiger partial charge in [-0.15, -0.1) is 0 Å². The van der Waals surface area contributed by atoms with Crippen LogP contribution in [0.4, 0.5) is 5.88 Å². The summed E-state index contributed by atoms with van der Waals surface area (Å²) in [4.78, 5) is 4.55. The molecule has 0 fully saturated rings. The van der Waals surface area contributed by atoms with Crippen molar-refractivity contribution in [2.45, 2.75) is 30.3 Å². The second-order valence-electron chi connectivity index (χ2n) is 7.32. The molecule has 4 aromatic rings. The van der Waals surface area contributed by atoms with Crippen molar-refractivity contribution in [1.82, 2.24) is 4.98 Å². The smallest absolute Gasteiger partial charge is 0.234 e. The number of hydrogen-bond donors (Lipinski definition) is 1. The van der Waals surface area contributed by atoms with Gasteiger partial charge >= 0.3 is 0 Å². The van der Waals surface area contributed by atoms with Gasteiger partial charge < -0.3 is 9.73 Å². The Balaban J connectivity index is 1.74. The molecule has 0 aliphatic heterocycles. The predicted octanol–water partition coefficient (Wildman–Crippen LogP) is 6.17. The lowest BCUT2D eigenvalue weighted by molar-refractivity contribution is 0.576. The number of rotatable bonds is 6. The maximum atomic E-state index is 13.4. The lowest BCUT2D eigenvalue weighted by Gasteiger charge is -2.07. The van der Waals surface area contributed by atoms with E-state index in [-0.39, 0.29) is 21.7 Å². The van der Waals surface area contributed by atoms with Gasteiger partial charge in [0.25, 0.3) is 0 Å². The van der Waals surface area contributed by atoms with Crippen LogP contribution >= 0.6 is 15.9 Å². The molecule has 3 aromatic carbocycles. The summed E-state index contributed by atoms with van der Waals surface area (Å²) in [6.45, 7) is 4.34. The second kappa shape index (κ2) is 8.69. The van der Waals surface area contributed by atoms with Gasteiger partial charge in [0.2, 0.25) is 26.6 Å². The molecule has 1 N–H and O–H groups in total. The topological polar surface area (TPSA) is 72.2 Å². The minimum absolute atomic E-state index is 0.124. The molecular weight excluding hydrogens is 476 g/mol. The van der Waals surface area contributed by atoms with Gasteiger partial charge in [-0.1, -0.05) is 63.5 Å².